The minimum atomic E-state index is 0.221. The van der Waals surface area contributed by atoms with E-state index in [4.69, 9.17) is 9.47 Å². The molecule has 3 aromatic rings. The van der Waals surface area contributed by atoms with E-state index < -0.39 is 0 Å². The molecule has 0 saturated heterocycles. The van der Waals surface area contributed by atoms with Crippen LogP contribution in [0.1, 0.15) is 16.7 Å². The molecule has 3 rings (SSSR count). The van der Waals surface area contributed by atoms with Crippen molar-refractivity contribution in [2.45, 2.75) is 20.8 Å². The van der Waals surface area contributed by atoms with E-state index in [0.29, 0.717) is 11.1 Å². The molecule has 0 aliphatic heterocycles. The maximum absolute atomic E-state index is 11.0. The Morgan fingerprint density at radius 2 is 1.46 bits per heavy atom. The molecule has 0 bridgehead atoms. The number of methoxy groups -OCH3 is 2. The number of ether oxygens (including phenoxy) is 2. The molecule has 0 unspecified atom stereocenters. The average Bonchev–Trinajstić information content (AvgIpc) is 2.55. The second kappa shape index (κ2) is 6.08. The topological polar surface area (TPSA) is 38.7 Å². The number of phenols is 1. The summed E-state index contributed by atoms with van der Waals surface area (Å²) in [6.45, 7) is 6.20. The number of hydrogen-bond acceptors (Lipinski definition) is 3. The number of rotatable bonds is 3. The highest BCUT2D eigenvalue weighted by Gasteiger charge is 2.19. The van der Waals surface area contributed by atoms with Crippen LogP contribution in [0.2, 0.25) is 0 Å². The van der Waals surface area contributed by atoms with Gasteiger partial charge in [0.1, 0.15) is 17.2 Å². The Morgan fingerprint density at radius 3 is 2.04 bits per heavy atom. The standard InChI is InChI=1S/C21H22O3/c1-12-9-13(2)19(14(3)10-12)16-11-18(24-5)15-7-6-8-17(23-4)20(15)21(16)22/h6-11,22H,1-5H3. The van der Waals surface area contributed by atoms with Crippen molar-refractivity contribution in [1.82, 2.24) is 0 Å². The lowest BCUT2D eigenvalue weighted by atomic mass is 9.91. The van der Waals surface area contributed by atoms with E-state index >= 15 is 0 Å². The molecule has 1 N–H and O–H groups in total. The van der Waals surface area contributed by atoms with E-state index in [9.17, 15) is 5.11 Å². The highest BCUT2D eigenvalue weighted by atomic mass is 16.5. The maximum atomic E-state index is 11.0. The summed E-state index contributed by atoms with van der Waals surface area (Å²) in [5.74, 6) is 1.57. The van der Waals surface area contributed by atoms with E-state index in [1.54, 1.807) is 14.2 Å². The predicted molar refractivity (Wildman–Crippen MR) is 98.4 cm³/mol. The van der Waals surface area contributed by atoms with Crippen LogP contribution in [0.5, 0.6) is 17.2 Å². The first kappa shape index (κ1) is 16.2. The highest BCUT2D eigenvalue weighted by Crippen LogP contribution is 2.46. The van der Waals surface area contributed by atoms with E-state index in [1.807, 2.05) is 24.3 Å². The number of phenolic OH excluding ortho intramolecular Hbond substituents is 1. The van der Waals surface area contributed by atoms with E-state index in [-0.39, 0.29) is 5.75 Å². The normalized spacial score (nSPS) is 10.9. The predicted octanol–water partition coefficient (Wildman–Crippen LogP) is 5.15. The fourth-order valence-electron chi connectivity index (χ4n) is 3.53. The zero-order valence-corrected chi connectivity index (χ0v) is 14.7. The van der Waals surface area contributed by atoms with Gasteiger partial charge in [-0.05, 0) is 49.6 Å². The average molecular weight is 322 g/mol. The Balaban J connectivity index is 2.45. The smallest absolute Gasteiger partial charge is 0.135 e. The molecule has 3 heteroatoms. The molecule has 0 atom stereocenters. The Labute approximate surface area is 142 Å². The molecule has 0 spiro atoms. The molecule has 0 amide bonds. The van der Waals surface area contributed by atoms with Crippen molar-refractivity contribution < 1.29 is 14.6 Å². The van der Waals surface area contributed by atoms with Crippen LogP contribution in [0.25, 0.3) is 21.9 Å². The summed E-state index contributed by atoms with van der Waals surface area (Å²) in [6, 6.07) is 11.8. The monoisotopic (exact) mass is 322 g/mol. The second-order valence-corrected chi connectivity index (χ2v) is 6.13. The highest BCUT2D eigenvalue weighted by molar-refractivity contribution is 6.03. The van der Waals surface area contributed by atoms with Gasteiger partial charge >= 0.3 is 0 Å². The summed E-state index contributed by atoms with van der Waals surface area (Å²) >= 11 is 0. The van der Waals surface area contributed by atoms with Gasteiger partial charge in [0.2, 0.25) is 0 Å². The van der Waals surface area contributed by atoms with Crippen LogP contribution in [0.3, 0.4) is 0 Å². The van der Waals surface area contributed by atoms with Crippen LogP contribution in [0.15, 0.2) is 36.4 Å². The van der Waals surface area contributed by atoms with Crippen LogP contribution < -0.4 is 9.47 Å². The first-order valence-electron chi connectivity index (χ1n) is 7.92. The van der Waals surface area contributed by atoms with Crippen molar-refractivity contribution in [2.75, 3.05) is 14.2 Å². The molecule has 3 aromatic carbocycles. The lowest BCUT2D eigenvalue weighted by molar-refractivity contribution is 0.411. The van der Waals surface area contributed by atoms with E-state index in [0.717, 1.165) is 33.4 Å². The van der Waals surface area contributed by atoms with E-state index in [1.165, 1.54) is 5.56 Å². The van der Waals surface area contributed by atoms with Gasteiger partial charge in [0.05, 0.1) is 19.6 Å². The number of benzene rings is 3. The molecule has 0 heterocycles. The Bertz CT molecular complexity index is 903. The molecular weight excluding hydrogens is 300 g/mol. The molecule has 0 aliphatic carbocycles. The second-order valence-electron chi connectivity index (χ2n) is 6.13. The van der Waals surface area contributed by atoms with Crippen molar-refractivity contribution in [3.63, 3.8) is 0 Å². The maximum Gasteiger partial charge on any atom is 0.135 e. The lowest BCUT2D eigenvalue weighted by Crippen LogP contribution is -1.95. The van der Waals surface area contributed by atoms with Gasteiger partial charge in [-0.3, -0.25) is 0 Å². The molecule has 24 heavy (non-hydrogen) atoms. The Kier molecular flexibility index (Phi) is 4.10. The molecule has 0 aliphatic rings. The fraction of sp³-hybridized carbons (Fsp3) is 0.238. The van der Waals surface area contributed by atoms with Gasteiger partial charge in [-0.15, -0.1) is 0 Å². The number of fused-ring (bicyclic) bond motifs is 1. The minimum absolute atomic E-state index is 0.221. The zero-order valence-electron chi connectivity index (χ0n) is 14.7. The summed E-state index contributed by atoms with van der Waals surface area (Å²) in [6.07, 6.45) is 0. The third-order valence-electron chi connectivity index (χ3n) is 4.45. The van der Waals surface area contributed by atoms with Gasteiger partial charge in [-0.2, -0.15) is 0 Å². The van der Waals surface area contributed by atoms with Gasteiger partial charge in [0.15, 0.2) is 0 Å². The molecule has 0 fully saturated rings. The summed E-state index contributed by atoms with van der Waals surface area (Å²) in [4.78, 5) is 0. The number of aryl methyl sites for hydroxylation is 3. The number of hydrogen-bond donors (Lipinski definition) is 1. The van der Waals surface area contributed by atoms with Crippen molar-refractivity contribution in [1.29, 1.82) is 0 Å². The fourth-order valence-corrected chi connectivity index (χ4v) is 3.53. The molecule has 0 radical (unpaired) electrons. The van der Waals surface area contributed by atoms with Gasteiger partial charge in [0, 0.05) is 10.9 Å². The van der Waals surface area contributed by atoms with Crippen molar-refractivity contribution in [3.05, 3.63) is 53.1 Å². The summed E-state index contributed by atoms with van der Waals surface area (Å²) in [5.41, 5.74) is 5.25. The van der Waals surface area contributed by atoms with Crippen LogP contribution in [-0.2, 0) is 0 Å². The van der Waals surface area contributed by atoms with Crippen LogP contribution in [-0.4, -0.2) is 19.3 Å². The van der Waals surface area contributed by atoms with Gasteiger partial charge in [-0.1, -0.05) is 29.8 Å². The summed E-state index contributed by atoms with van der Waals surface area (Å²) < 4.78 is 11.0. The SMILES string of the molecule is COc1cc(-c2c(C)cc(C)cc2C)c(O)c2c(OC)cccc12. The van der Waals surface area contributed by atoms with Crippen molar-refractivity contribution >= 4 is 10.8 Å². The summed E-state index contributed by atoms with van der Waals surface area (Å²) in [5, 5.41) is 12.5. The van der Waals surface area contributed by atoms with Crippen molar-refractivity contribution in [3.8, 4) is 28.4 Å². The molecule has 124 valence electrons. The van der Waals surface area contributed by atoms with Gasteiger partial charge in [0.25, 0.3) is 0 Å². The first-order valence-corrected chi connectivity index (χ1v) is 7.92. The molecule has 0 aromatic heterocycles. The van der Waals surface area contributed by atoms with Gasteiger partial charge in [-0.25, -0.2) is 0 Å². The quantitative estimate of drug-likeness (QED) is 0.724. The Hall–Kier alpha value is -2.68. The molecule has 3 nitrogen and oxygen atoms in total. The largest absolute Gasteiger partial charge is 0.507 e. The first-order chi connectivity index (χ1) is 11.5. The Morgan fingerprint density at radius 1 is 0.833 bits per heavy atom. The van der Waals surface area contributed by atoms with Crippen molar-refractivity contribution in [2.24, 2.45) is 0 Å². The molecular formula is C21H22O3. The lowest BCUT2D eigenvalue weighted by Gasteiger charge is -2.18. The van der Waals surface area contributed by atoms with Crippen LogP contribution >= 0.6 is 0 Å². The zero-order chi connectivity index (χ0) is 17.4. The van der Waals surface area contributed by atoms with Crippen LogP contribution in [0, 0.1) is 20.8 Å². The summed E-state index contributed by atoms with van der Waals surface area (Å²) in [7, 11) is 3.25. The third-order valence-corrected chi connectivity index (χ3v) is 4.45. The van der Waals surface area contributed by atoms with E-state index in [2.05, 4.69) is 32.9 Å². The minimum Gasteiger partial charge on any atom is -0.507 e. The number of aromatic hydroxyl groups is 1. The van der Waals surface area contributed by atoms with Gasteiger partial charge < -0.3 is 14.6 Å². The third kappa shape index (κ3) is 2.46. The van der Waals surface area contributed by atoms with Crippen LogP contribution in [0.4, 0.5) is 0 Å². The molecule has 0 saturated carbocycles.